The number of halogens is 7. The topological polar surface area (TPSA) is 230 Å². The number of hydroxylamine groups is 2. The molecule has 3 aromatic rings. The number of hydrogen-bond acceptors (Lipinski definition) is 18. The Labute approximate surface area is 611 Å². The van der Waals surface area contributed by atoms with Crippen molar-refractivity contribution in [3.05, 3.63) is 108 Å². The standard InChI is InChI=1S/C26H39F2N3O5SSi.C25H36F2N2O4SSi.C14H15F2N3OS.CH4.CH3.ClH.Mg/c1-24(2,3)36-23(33)31(16-35-13-14-38(7,8)9)22-29-25(4,17-11-10-12-18(27)20(17)28)19-15-26(19,37-22)21(32)30(5)34-6;1-16(30)25-14-19(25)24(5,17-10-9-11-18(26)20(17)27)28-21(34-25)29(22(31)33-23(2,3)4)15-32-12-13-35(6,7)8;1-6(20)14-5-10(14)13(2,19-12(18)21-14)8-3-7(17)4-9(15)11(8)16;;;;/h10-12,19H,13-16H2,1-9H3;9-11,19H,12-15H2,1-8H3;3-4,10H,5,17H2,1-2H3,(H2,18,19);1H4;1H3;1H;/q;;;;-1;;+2/p-1/t19-,25+,26-;19-,24+,25+;10-,13+,14+;;;;/m000..../s1. The third-order valence-electron chi connectivity index (χ3n) is 17.4. The minimum atomic E-state index is -1.40. The summed E-state index contributed by atoms with van der Waals surface area (Å²) in [5.74, 6) is -7.49. The molecule has 0 bridgehead atoms. The van der Waals surface area contributed by atoms with Crippen molar-refractivity contribution in [3.8, 4) is 0 Å². The number of nitrogen functional groups attached to an aromatic ring is 1. The summed E-state index contributed by atoms with van der Waals surface area (Å²) in [6.07, 6.45) is -0.0473. The molecule has 3 aromatic carbocycles. The quantitative estimate of drug-likeness (QED) is 0.0243. The van der Waals surface area contributed by atoms with Crippen LogP contribution in [0.25, 0.3) is 0 Å². The van der Waals surface area contributed by atoms with Crippen LogP contribution in [-0.4, -0.2) is 166 Å². The van der Waals surface area contributed by atoms with Crippen LogP contribution >= 0.6 is 35.3 Å². The largest absolute Gasteiger partial charge is 2.00 e. The van der Waals surface area contributed by atoms with Gasteiger partial charge in [0.15, 0.2) is 50.4 Å². The third kappa shape index (κ3) is 19.1. The first-order valence-electron chi connectivity index (χ1n) is 30.9. The Morgan fingerprint density at radius 3 is 1.33 bits per heavy atom. The van der Waals surface area contributed by atoms with Gasteiger partial charge in [-0.05, 0) is 132 Å². The second-order valence-electron chi connectivity index (χ2n) is 29.6. The Kier molecular flexibility index (Phi) is 28.8. The smallest absolute Gasteiger partial charge is 1.00 e. The van der Waals surface area contributed by atoms with E-state index >= 15 is 4.39 Å². The molecule has 542 valence electrons. The van der Waals surface area contributed by atoms with E-state index in [1.54, 1.807) is 62.3 Å². The summed E-state index contributed by atoms with van der Waals surface area (Å²) in [5, 5.41) is 1.68. The van der Waals surface area contributed by atoms with Gasteiger partial charge < -0.3 is 50.2 Å². The van der Waals surface area contributed by atoms with Gasteiger partial charge in [0, 0.05) is 76.5 Å². The van der Waals surface area contributed by atoms with Gasteiger partial charge in [-0.25, -0.2) is 50.8 Å². The number of Topliss-reactive ketones (excluding diaryl/α,β-unsaturated/α-hetero) is 2. The second kappa shape index (κ2) is 32.1. The second-order valence-corrected chi connectivity index (χ2v) is 44.8. The summed E-state index contributed by atoms with van der Waals surface area (Å²) in [6, 6.07) is 12.0. The molecule has 18 nitrogen and oxygen atoms in total. The first-order chi connectivity index (χ1) is 43.2. The SMILES string of the molecule is C.CC(=O)[C@]12C[C@H]1[C@@](C)(c1cc(N)cc(F)c1F)N=C(N)S2.CC(=O)[C@]12C[C@H]1[C@@](C)(c1cccc(F)c1F)N=C(N(COCC[Si](C)(C)C)C(=O)OC(C)(C)C)S2.CON(C)C(=O)[C@]12C[C@H]1[C@@](C)(c1cccc(F)c1F)N=C(N(COCC[Si](C)(C)C)C(=O)OC(C)(C)C)S2.[CH3-].[Cl-].[Mg+2]. The number of fused-ring (bicyclic) bond motifs is 3. The van der Waals surface area contributed by atoms with Gasteiger partial charge in [-0.1, -0.05) is 106 Å². The number of nitrogens with two attached hydrogens (primary N) is 2. The number of benzene rings is 3. The maximum atomic E-state index is 15.1. The number of aliphatic imine (C=N–C) groups is 3. The van der Waals surface area contributed by atoms with Crippen LogP contribution in [0.15, 0.2) is 63.5 Å². The van der Waals surface area contributed by atoms with Crippen LogP contribution in [0.5, 0.6) is 0 Å². The van der Waals surface area contributed by atoms with Crippen molar-refractivity contribution in [3.63, 3.8) is 0 Å². The Bertz CT molecular complexity index is 3570. The van der Waals surface area contributed by atoms with E-state index in [2.05, 4.69) is 44.3 Å². The Morgan fingerprint density at radius 1 is 0.592 bits per heavy atom. The van der Waals surface area contributed by atoms with Crippen LogP contribution < -0.4 is 23.9 Å². The van der Waals surface area contributed by atoms with Gasteiger partial charge in [0.25, 0.3) is 5.91 Å². The summed E-state index contributed by atoms with van der Waals surface area (Å²) in [5.41, 5.74) is 6.45. The van der Waals surface area contributed by atoms with Crippen LogP contribution in [0, 0.1) is 60.1 Å². The van der Waals surface area contributed by atoms with E-state index in [9.17, 15) is 45.9 Å². The number of nitrogens with zero attached hydrogens (tertiary/aromatic N) is 6. The van der Waals surface area contributed by atoms with E-state index in [1.807, 2.05) is 0 Å². The van der Waals surface area contributed by atoms with E-state index in [0.717, 1.165) is 47.1 Å². The maximum absolute atomic E-state index is 15.1. The zero-order valence-electron chi connectivity index (χ0n) is 59.2. The van der Waals surface area contributed by atoms with E-state index in [4.69, 9.17) is 45.2 Å². The molecule has 3 heterocycles. The van der Waals surface area contributed by atoms with E-state index in [0.29, 0.717) is 32.5 Å². The first-order valence-corrected chi connectivity index (χ1v) is 40.8. The van der Waals surface area contributed by atoms with Crippen molar-refractivity contribution in [2.24, 2.45) is 38.5 Å². The summed E-state index contributed by atoms with van der Waals surface area (Å²) in [4.78, 5) is 86.4. The molecule has 3 aliphatic carbocycles. The van der Waals surface area contributed by atoms with Crippen LogP contribution in [0.4, 0.5) is 41.6 Å². The Morgan fingerprint density at radius 2 is 0.949 bits per heavy atom. The normalized spacial score (nSPS) is 26.2. The maximum Gasteiger partial charge on any atom is 2.00 e. The minimum absolute atomic E-state index is 0. The molecule has 0 unspecified atom stereocenters. The molecule has 3 fully saturated rings. The molecule has 9 atom stereocenters. The fraction of sp³-hybridized carbons (Fsp3) is 0.597. The van der Waals surface area contributed by atoms with Gasteiger partial charge in [0.1, 0.15) is 41.0 Å². The van der Waals surface area contributed by atoms with Crippen molar-refractivity contribution in [1.29, 1.82) is 0 Å². The molecule has 0 saturated heterocycles. The number of ketones is 2. The Balaban J connectivity index is 0.000000388. The fourth-order valence-corrected chi connectivity index (χ4v) is 17.9. The molecule has 0 radical (unpaired) electrons. The van der Waals surface area contributed by atoms with Crippen molar-refractivity contribution < 1.29 is 86.5 Å². The average molecular weight is 1500 g/mol. The molecular formula is C67H97ClF6MgN8O10S3Si2. The van der Waals surface area contributed by atoms with Crippen molar-refractivity contribution in [2.45, 2.75) is 196 Å². The molecule has 4 N–H and O–H groups in total. The predicted molar refractivity (Wildman–Crippen MR) is 381 cm³/mol. The van der Waals surface area contributed by atoms with Gasteiger partial charge >= 0.3 is 35.2 Å². The molecule has 31 heteroatoms. The predicted octanol–water partition coefficient (Wildman–Crippen LogP) is 11.7. The molecule has 3 saturated carbocycles. The minimum Gasteiger partial charge on any atom is -1.00 e. The summed E-state index contributed by atoms with van der Waals surface area (Å²) < 4.78 is 107. The number of amides is 3. The van der Waals surface area contributed by atoms with Crippen molar-refractivity contribution >= 4 is 125 Å². The van der Waals surface area contributed by atoms with Gasteiger partial charge in [0.05, 0.1) is 33.2 Å². The van der Waals surface area contributed by atoms with Gasteiger partial charge in [0.2, 0.25) is 0 Å². The Hall–Kier alpha value is -4.38. The molecule has 3 aliphatic heterocycles. The van der Waals surface area contributed by atoms with Gasteiger partial charge in [-0.2, -0.15) is 0 Å². The van der Waals surface area contributed by atoms with Gasteiger partial charge in [-0.15, -0.1) is 0 Å². The number of anilines is 1. The first kappa shape index (κ1) is 87.8. The number of ether oxygens (including phenoxy) is 4. The number of carbonyl (C=O) groups is 5. The summed E-state index contributed by atoms with van der Waals surface area (Å²) in [7, 11) is 0.105. The average Bonchev–Trinajstić information content (AvgIpc) is 1.54. The third-order valence-corrected chi connectivity index (χ3v) is 25.3. The molecule has 98 heavy (non-hydrogen) atoms. The summed E-state index contributed by atoms with van der Waals surface area (Å²) >= 11 is 3.51. The number of thioether (sulfide) groups is 3. The van der Waals surface area contributed by atoms with E-state index in [1.165, 1.54) is 91.7 Å². The van der Waals surface area contributed by atoms with E-state index < -0.39 is 111 Å². The van der Waals surface area contributed by atoms with Crippen LogP contribution in [-0.2, 0) is 54.8 Å². The number of amidine groups is 3. The molecule has 9 rings (SSSR count). The molecule has 0 aromatic heterocycles. The zero-order valence-corrected chi connectivity index (χ0v) is 65.8. The van der Waals surface area contributed by atoms with Crippen LogP contribution in [0.3, 0.4) is 0 Å². The van der Waals surface area contributed by atoms with Crippen molar-refractivity contribution in [2.75, 3.05) is 46.6 Å². The molecule has 6 aliphatic rings. The monoisotopic (exact) mass is 1500 g/mol. The van der Waals surface area contributed by atoms with Crippen molar-refractivity contribution in [1.82, 2.24) is 14.9 Å². The zero-order chi connectivity index (χ0) is 70.7. The van der Waals surface area contributed by atoms with E-state index in [-0.39, 0.29) is 131 Å². The number of carbonyl (C=O) groups excluding carboxylic acids is 5. The fourth-order valence-electron chi connectivity index (χ4n) is 11.8. The summed E-state index contributed by atoms with van der Waals surface area (Å²) in [6.45, 7) is 32.4. The van der Waals surface area contributed by atoms with Gasteiger partial charge in [-0.3, -0.25) is 34.2 Å². The number of rotatable bonds is 17. The number of hydrogen-bond donors (Lipinski definition) is 2. The van der Waals surface area contributed by atoms with Crippen LogP contribution in [0.2, 0.25) is 51.4 Å². The molecular weight excluding hydrogens is 1400 g/mol. The van der Waals surface area contributed by atoms with Crippen LogP contribution in [0.1, 0.15) is 120 Å². The molecule has 0 spiro atoms. The molecule has 3 amide bonds.